The van der Waals surface area contributed by atoms with Gasteiger partial charge in [-0.1, -0.05) is 0 Å². The van der Waals surface area contributed by atoms with Crippen LogP contribution in [0.1, 0.15) is 12.8 Å². The summed E-state index contributed by atoms with van der Waals surface area (Å²) in [4.78, 5) is 10.0. The van der Waals surface area contributed by atoms with E-state index < -0.39 is 12.0 Å². The van der Waals surface area contributed by atoms with Crippen molar-refractivity contribution in [3.63, 3.8) is 0 Å². The molecule has 0 aromatic rings. The van der Waals surface area contributed by atoms with Crippen LogP contribution in [0.3, 0.4) is 0 Å². The van der Waals surface area contributed by atoms with Gasteiger partial charge in [0.1, 0.15) is 6.04 Å². The molecule has 0 aromatic heterocycles. The fourth-order valence-corrected chi connectivity index (χ4v) is 0.461. The molecule has 5 heteroatoms. The van der Waals surface area contributed by atoms with Crippen LogP contribution in [0.25, 0.3) is 0 Å². The third-order valence-electron chi connectivity index (χ3n) is 1.04. The Balaban J connectivity index is 0. The molecule has 0 saturated heterocycles. The number of carboxylic acid groups (broad SMARTS) is 1. The van der Waals surface area contributed by atoms with Gasteiger partial charge in [-0.2, -0.15) is 0 Å². The van der Waals surface area contributed by atoms with Crippen LogP contribution in [0.4, 0.5) is 0 Å². The van der Waals surface area contributed by atoms with Gasteiger partial charge in [0, 0.05) is 0 Å². The van der Waals surface area contributed by atoms with E-state index in [0.29, 0.717) is 19.4 Å². The smallest absolute Gasteiger partial charge is 0.320 e. The monoisotopic (exact) mass is 170 g/mol. The van der Waals surface area contributed by atoms with Gasteiger partial charge in [-0.25, -0.2) is 0 Å². The van der Waals surface area contributed by atoms with Gasteiger partial charge in [0.05, 0.1) is 0 Å². The summed E-state index contributed by atoms with van der Waals surface area (Å²) < 4.78 is 0. The summed E-state index contributed by atoms with van der Waals surface area (Å²) in [6, 6.07) is -0.742. The fourth-order valence-electron chi connectivity index (χ4n) is 0.461. The Morgan fingerprint density at radius 2 is 2.10 bits per heavy atom. The van der Waals surface area contributed by atoms with Crippen LogP contribution in [0.2, 0.25) is 0 Å². The molecule has 0 rings (SSSR count). The van der Waals surface area contributed by atoms with E-state index in [1.54, 1.807) is 0 Å². The molecular formula is C5H13ClN2O2. The molecule has 0 heterocycles. The number of carbonyl (C=O) groups is 1. The van der Waals surface area contributed by atoms with Gasteiger partial charge >= 0.3 is 5.97 Å². The Morgan fingerprint density at radius 3 is 2.40 bits per heavy atom. The number of hydrogen-bond acceptors (Lipinski definition) is 3. The van der Waals surface area contributed by atoms with Crippen molar-refractivity contribution in [3.8, 4) is 0 Å². The van der Waals surface area contributed by atoms with Crippen molar-refractivity contribution in [1.29, 1.82) is 0 Å². The molecular weight excluding hydrogens is 158 g/mol. The summed E-state index contributed by atoms with van der Waals surface area (Å²) >= 11 is 0. The third-order valence-corrected chi connectivity index (χ3v) is 1.04. The second-order valence-electron chi connectivity index (χ2n) is 1.88. The fraction of sp³-hybridized carbons (Fsp3) is 0.800. The minimum absolute atomic E-state index is 0. The molecule has 62 valence electrons. The first-order valence-electron chi connectivity index (χ1n) is 2.87. The Labute approximate surface area is 66.0 Å². The summed E-state index contributed by atoms with van der Waals surface area (Å²) in [6.07, 6.45) is 1.14. The highest BCUT2D eigenvalue weighted by molar-refractivity contribution is 5.85. The molecule has 10 heavy (non-hydrogen) atoms. The second kappa shape index (κ2) is 6.80. The van der Waals surface area contributed by atoms with E-state index in [0.717, 1.165) is 0 Å². The van der Waals surface area contributed by atoms with Crippen molar-refractivity contribution in [1.82, 2.24) is 0 Å². The largest absolute Gasteiger partial charge is 0.480 e. The minimum atomic E-state index is -0.955. The molecule has 0 unspecified atom stereocenters. The highest BCUT2D eigenvalue weighted by atomic mass is 35.5. The normalized spacial score (nSPS) is 11.8. The summed E-state index contributed by atoms with van der Waals surface area (Å²) in [5, 5.41) is 8.24. The number of aliphatic carboxylic acids is 1. The van der Waals surface area contributed by atoms with Gasteiger partial charge in [-0.05, 0) is 19.4 Å². The van der Waals surface area contributed by atoms with Crippen LogP contribution in [0.5, 0.6) is 0 Å². The van der Waals surface area contributed by atoms with Gasteiger partial charge in [0.25, 0.3) is 0 Å². The van der Waals surface area contributed by atoms with Crippen molar-refractivity contribution >= 4 is 18.4 Å². The lowest BCUT2D eigenvalue weighted by atomic mass is 10.2. The first-order chi connectivity index (χ1) is 4.18. The lowest BCUT2D eigenvalue weighted by Crippen LogP contribution is -2.30. The number of halogens is 1. The molecule has 0 radical (unpaired) electrons. The van der Waals surface area contributed by atoms with Crippen LogP contribution in [0.15, 0.2) is 0 Å². The maximum Gasteiger partial charge on any atom is 0.320 e. The summed E-state index contributed by atoms with van der Waals surface area (Å²) in [7, 11) is 0. The van der Waals surface area contributed by atoms with Crippen LogP contribution in [-0.2, 0) is 4.79 Å². The van der Waals surface area contributed by atoms with E-state index in [1.165, 1.54) is 0 Å². The summed E-state index contributed by atoms with van der Waals surface area (Å²) in [6.45, 7) is 0.501. The molecule has 0 aliphatic carbocycles. The molecule has 0 saturated carbocycles. The molecule has 1 atom stereocenters. The number of carboxylic acids is 1. The SMILES string of the molecule is Cl.[15NH2]CCC[C@H]([15NH2])C(=O)O. The van der Waals surface area contributed by atoms with Crippen molar-refractivity contribution in [2.45, 2.75) is 18.9 Å². The van der Waals surface area contributed by atoms with E-state index in [4.69, 9.17) is 16.6 Å². The van der Waals surface area contributed by atoms with E-state index in [9.17, 15) is 4.79 Å². The number of hydrogen-bond donors (Lipinski definition) is 3. The van der Waals surface area contributed by atoms with E-state index in [-0.39, 0.29) is 12.4 Å². The van der Waals surface area contributed by atoms with Crippen molar-refractivity contribution < 1.29 is 9.90 Å². The molecule has 0 bridgehead atoms. The molecule has 5 N–H and O–H groups in total. The topological polar surface area (TPSA) is 89.3 Å². The van der Waals surface area contributed by atoms with Crippen molar-refractivity contribution in [2.24, 2.45) is 11.5 Å². The Kier molecular flexibility index (Phi) is 8.40. The average Bonchev–Trinajstić information content (AvgIpc) is 1.82. The zero-order valence-electron chi connectivity index (χ0n) is 5.62. The van der Waals surface area contributed by atoms with Gasteiger partial charge in [0.15, 0.2) is 0 Å². The van der Waals surface area contributed by atoms with E-state index in [1.807, 2.05) is 0 Å². The molecule has 0 fully saturated rings. The molecule has 0 aliphatic rings. The highest BCUT2D eigenvalue weighted by Gasteiger charge is 2.08. The first kappa shape index (κ1) is 12.4. The van der Waals surface area contributed by atoms with Gasteiger partial charge in [-0.3, -0.25) is 4.79 Å². The predicted molar refractivity (Wildman–Crippen MR) is 41.1 cm³/mol. The highest BCUT2D eigenvalue weighted by Crippen LogP contribution is 1.91. The summed E-state index contributed by atoms with van der Waals surface area (Å²) in [5.41, 5.74) is 10.3. The standard InChI is InChI=1S/C5H12N2O2.ClH/c6-3-1-2-4(7)5(8)9;/h4H,1-3,6-7H2,(H,8,9);1H/t4-;/m0./s1/i6+1,7+1;. The second-order valence-corrected chi connectivity index (χ2v) is 1.88. The summed E-state index contributed by atoms with van der Waals surface area (Å²) in [5.74, 6) is -0.955. The molecule has 0 spiro atoms. The predicted octanol–water partition coefficient (Wildman–Crippen LogP) is -0.441. The lowest BCUT2D eigenvalue weighted by Gasteiger charge is -2.02. The Hall–Kier alpha value is -0.320. The van der Waals surface area contributed by atoms with Crippen molar-refractivity contribution in [2.75, 3.05) is 6.54 Å². The molecule has 0 amide bonds. The van der Waals surface area contributed by atoms with Crippen molar-refractivity contribution in [3.05, 3.63) is 0 Å². The zero-order chi connectivity index (χ0) is 7.28. The van der Waals surface area contributed by atoms with Gasteiger partial charge in [0.2, 0.25) is 0 Å². The Morgan fingerprint density at radius 1 is 1.60 bits per heavy atom. The van der Waals surface area contributed by atoms with E-state index in [2.05, 4.69) is 0 Å². The van der Waals surface area contributed by atoms with Gasteiger partial charge in [-0.15, -0.1) is 12.4 Å². The third kappa shape index (κ3) is 5.81. The minimum Gasteiger partial charge on any atom is -0.480 e. The number of nitrogens with two attached hydrogens (primary N) is 2. The quantitative estimate of drug-likeness (QED) is 0.499. The average molecular weight is 171 g/mol. The maximum atomic E-state index is 10.0. The zero-order valence-corrected chi connectivity index (χ0v) is 6.43. The molecule has 0 aromatic carbocycles. The van der Waals surface area contributed by atoms with Crippen LogP contribution in [0, 0.1) is 0 Å². The maximum absolute atomic E-state index is 10.0. The van der Waals surface area contributed by atoms with Gasteiger partial charge < -0.3 is 16.6 Å². The first-order valence-corrected chi connectivity index (χ1v) is 2.87. The lowest BCUT2D eigenvalue weighted by molar-refractivity contribution is -0.138. The number of rotatable bonds is 4. The van der Waals surface area contributed by atoms with Crippen LogP contribution >= 0.6 is 12.4 Å². The van der Waals surface area contributed by atoms with E-state index >= 15 is 0 Å². The van der Waals surface area contributed by atoms with Crippen LogP contribution in [-0.4, -0.2) is 23.7 Å². The Bertz CT molecular complexity index is 99.6. The molecule has 0 aliphatic heterocycles. The van der Waals surface area contributed by atoms with Crippen LogP contribution < -0.4 is 11.5 Å². The molecule has 4 nitrogen and oxygen atoms in total.